The van der Waals surface area contributed by atoms with Crippen molar-refractivity contribution in [1.29, 1.82) is 0 Å². The summed E-state index contributed by atoms with van der Waals surface area (Å²) in [5.41, 5.74) is 0. The number of esters is 2. The number of carbonyl (C=O) groups excluding carboxylic acids is 3. The van der Waals surface area contributed by atoms with Crippen molar-refractivity contribution >= 4 is 25.5 Å². The van der Waals surface area contributed by atoms with Crippen molar-refractivity contribution in [3.63, 3.8) is 0 Å². The summed E-state index contributed by atoms with van der Waals surface area (Å²) in [6.07, 6.45) is 37.2. The maximum Gasteiger partial charge on any atom is 0.472 e. The van der Waals surface area contributed by atoms with Crippen LogP contribution in [0.2, 0.25) is 0 Å². The van der Waals surface area contributed by atoms with E-state index in [1.54, 1.807) is 12.2 Å². The highest BCUT2D eigenvalue weighted by atomic mass is 31.2. The molecule has 0 aliphatic heterocycles. The molecule has 0 spiro atoms. The first-order valence-electron chi connectivity index (χ1n) is 21.3. The minimum Gasteiger partial charge on any atom is -0.462 e. The van der Waals surface area contributed by atoms with E-state index in [2.05, 4.69) is 26.0 Å². The molecule has 0 rings (SSSR count). The highest BCUT2D eigenvalue weighted by molar-refractivity contribution is 7.47. The highest BCUT2D eigenvalue weighted by Gasteiger charge is 2.27. The van der Waals surface area contributed by atoms with Crippen molar-refractivity contribution in [2.45, 2.75) is 168 Å². The van der Waals surface area contributed by atoms with Gasteiger partial charge in [0.25, 0.3) is 0 Å². The number of likely N-dealkylation sites (N-methyl/N-ethyl adjacent to an activating group) is 1. The molecule has 0 aromatic heterocycles. The van der Waals surface area contributed by atoms with Crippen LogP contribution >= 0.6 is 7.82 Å². The molecule has 0 saturated heterocycles. The second-order valence-electron chi connectivity index (χ2n) is 15.4. The Labute approximate surface area is 335 Å². The molecule has 2 atom stereocenters. The van der Waals surface area contributed by atoms with Gasteiger partial charge in [-0.3, -0.25) is 23.4 Å². The molecule has 0 aromatic rings. The number of nitrogens with zero attached hydrogens (tertiary/aromatic N) is 1. The van der Waals surface area contributed by atoms with Gasteiger partial charge >= 0.3 is 19.8 Å². The van der Waals surface area contributed by atoms with Crippen LogP contribution < -0.4 is 0 Å². The number of ether oxygens (including phenoxy) is 2. The van der Waals surface area contributed by atoms with E-state index in [4.69, 9.17) is 18.5 Å². The summed E-state index contributed by atoms with van der Waals surface area (Å²) in [6, 6.07) is 0. The predicted molar refractivity (Wildman–Crippen MR) is 225 cm³/mol. The summed E-state index contributed by atoms with van der Waals surface area (Å²) < 4.78 is 34.1. The number of hydrogen-bond donors (Lipinski definition) is 1. The molecule has 0 aliphatic carbocycles. The second-order valence-corrected chi connectivity index (χ2v) is 16.9. The molecule has 1 unspecified atom stereocenters. The molecule has 0 aliphatic rings. The number of carbonyl (C=O) groups is 3. The molecule has 0 bridgehead atoms. The largest absolute Gasteiger partial charge is 0.472 e. The van der Waals surface area contributed by atoms with Gasteiger partial charge < -0.3 is 18.9 Å². The topological polar surface area (TPSA) is 125 Å². The van der Waals surface area contributed by atoms with Crippen molar-refractivity contribution in [3.05, 3.63) is 48.6 Å². The number of quaternary nitrogens is 1. The van der Waals surface area contributed by atoms with E-state index in [0.717, 1.165) is 51.4 Å². The molecule has 318 valence electrons. The van der Waals surface area contributed by atoms with Crippen LogP contribution in [0.1, 0.15) is 162 Å². The molecular formula is C44H79NO9P+. The first-order valence-corrected chi connectivity index (χ1v) is 22.8. The summed E-state index contributed by atoms with van der Waals surface area (Å²) >= 11 is 0. The van der Waals surface area contributed by atoms with E-state index in [-0.39, 0.29) is 31.8 Å². The van der Waals surface area contributed by atoms with Crippen molar-refractivity contribution in [3.8, 4) is 0 Å². The van der Waals surface area contributed by atoms with Gasteiger partial charge in [-0.25, -0.2) is 4.57 Å². The normalized spacial score (nSPS) is 14.0. The smallest absolute Gasteiger partial charge is 0.462 e. The number of phosphoric ester groups is 1. The van der Waals surface area contributed by atoms with E-state index in [0.29, 0.717) is 36.7 Å². The lowest BCUT2D eigenvalue weighted by molar-refractivity contribution is -0.870. The lowest BCUT2D eigenvalue weighted by Crippen LogP contribution is -2.37. The van der Waals surface area contributed by atoms with Crippen LogP contribution in [0, 0.1) is 0 Å². The van der Waals surface area contributed by atoms with Crippen LogP contribution in [0.3, 0.4) is 0 Å². The molecule has 11 heteroatoms. The van der Waals surface area contributed by atoms with Crippen LogP contribution in [0.4, 0.5) is 0 Å². The number of ketones is 1. The van der Waals surface area contributed by atoms with Gasteiger partial charge in [-0.2, -0.15) is 0 Å². The Balaban J connectivity index is 4.51. The number of hydrogen-bond acceptors (Lipinski definition) is 8. The van der Waals surface area contributed by atoms with E-state index in [1.165, 1.54) is 57.8 Å². The Kier molecular flexibility index (Phi) is 34.5. The van der Waals surface area contributed by atoms with E-state index < -0.39 is 32.5 Å². The van der Waals surface area contributed by atoms with Crippen LogP contribution in [-0.4, -0.2) is 80.7 Å². The van der Waals surface area contributed by atoms with Gasteiger partial charge in [0.2, 0.25) is 0 Å². The van der Waals surface area contributed by atoms with Gasteiger partial charge in [0.05, 0.1) is 27.7 Å². The van der Waals surface area contributed by atoms with Gasteiger partial charge in [-0.1, -0.05) is 146 Å². The molecule has 0 amide bonds. The monoisotopic (exact) mass is 797 g/mol. The minimum absolute atomic E-state index is 0.0130. The Bertz CT molecular complexity index is 1140. The summed E-state index contributed by atoms with van der Waals surface area (Å²) in [6.45, 7) is 4.17. The Morgan fingerprint density at radius 2 is 1.15 bits per heavy atom. The molecule has 1 N–H and O–H groups in total. The standard InChI is InChI=1S/C44H78NO9P/c1-6-8-10-11-12-13-14-15-18-22-25-28-32-36-44(48)54-42(40-53-55(49,50)52-38-37-45(3,4)5)39-51-43(47)35-31-27-24-21-19-16-17-20-23-26-30-34-41(46)33-29-9-7-2/h16-17,21,23-24,26,30,34,42H,6-15,18-20,22,25,27-29,31-33,35-40H2,1-5H3/p+1/b17-16-,24-21-,26-23-,34-30+/t42-/m1/s1. The van der Waals surface area contributed by atoms with Gasteiger partial charge in [-0.15, -0.1) is 0 Å². The first kappa shape index (κ1) is 52.6. The van der Waals surface area contributed by atoms with E-state index in [1.807, 2.05) is 45.4 Å². The molecule has 0 fully saturated rings. The summed E-state index contributed by atoms with van der Waals surface area (Å²) in [5, 5.41) is 0. The van der Waals surface area contributed by atoms with Crippen LogP contribution in [0.15, 0.2) is 48.6 Å². The highest BCUT2D eigenvalue weighted by Crippen LogP contribution is 2.43. The van der Waals surface area contributed by atoms with Crippen molar-refractivity contribution in [2.24, 2.45) is 0 Å². The maximum atomic E-state index is 12.7. The molecule has 0 heterocycles. The molecular weight excluding hydrogens is 717 g/mol. The zero-order chi connectivity index (χ0) is 40.9. The Morgan fingerprint density at radius 1 is 0.618 bits per heavy atom. The fraction of sp³-hybridized carbons (Fsp3) is 0.750. The van der Waals surface area contributed by atoms with Gasteiger partial charge in [0.15, 0.2) is 11.9 Å². The maximum absolute atomic E-state index is 12.7. The molecule has 0 radical (unpaired) electrons. The van der Waals surface area contributed by atoms with Crippen LogP contribution in [0.5, 0.6) is 0 Å². The summed E-state index contributed by atoms with van der Waals surface area (Å²) in [4.78, 5) is 47.0. The summed E-state index contributed by atoms with van der Waals surface area (Å²) in [5.74, 6) is -0.728. The summed E-state index contributed by atoms with van der Waals surface area (Å²) in [7, 11) is 1.41. The number of phosphoric acid groups is 1. The van der Waals surface area contributed by atoms with Gasteiger partial charge in [0.1, 0.15) is 19.8 Å². The zero-order valence-corrected chi connectivity index (χ0v) is 36.3. The van der Waals surface area contributed by atoms with Crippen molar-refractivity contribution in [1.82, 2.24) is 0 Å². The van der Waals surface area contributed by atoms with Crippen LogP contribution in [0.25, 0.3) is 0 Å². The van der Waals surface area contributed by atoms with Gasteiger partial charge in [0, 0.05) is 19.3 Å². The lowest BCUT2D eigenvalue weighted by Gasteiger charge is -2.24. The third-order valence-electron chi connectivity index (χ3n) is 8.84. The van der Waals surface area contributed by atoms with Crippen LogP contribution in [-0.2, 0) is 37.5 Å². The minimum atomic E-state index is -4.40. The fourth-order valence-electron chi connectivity index (χ4n) is 5.43. The average molecular weight is 797 g/mol. The fourth-order valence-corrected chi connectivity index (χ4v) is 6.17. The third-order valence-corrected chi connectivity index (χ3v) is 9.82. The number of unbranched alkanes of at least 4 members (excludes halogenated alkanes) is 15. The van der Waals surface area contributed by atoms with Crippen molar-refractivity contribution in [2.75, 3.05) is 47.5 Å². The predicted octanol–water partition coefficient (Wildman–Crippen LogP) is 11.1. The number of allylic oxidation sites excluding steroid dienone is 8. The van der Waals surface area contributed by atoms with E-state index >= 15 is 0 Å². The lowest BCUT2D eigenvalue weighted by atomic mass is 10.0. The molecule has 0 saturated carbocycles. The first-order chi connectivity index (χ1) is 26.4. The average Bonchev–Trinajstić information content (AvgIpc) is 3.12. The Hall–Kier alpha value is -2.36. The van der Waals surface area contributed by atoms with Crippen molar-refractivity contribution < 1.29 is 46.8 Å². The quantitative estimate of drug-likeness (QED) is 0.0124. The van der Waals surface area contributed by atoms with Gasteiger partial charge in [-0.05, 0) is 44.6 Å². The van der Waals surface area contributed by atoms with E-state index in [9.17, 15) is 23.8 Å². The number of rotatable bonds is 38. The Morgan fingerprint density at radius 3 is 1.76 bits per heavy atom. The SMILES string of the molecule is CCCCCCCCCCCCCCCC(=O)O[C@H](COC(=O)CCC/C=C\C/C=C\C/C=C\C=C\C(=O)CCCCC)COP(=O)(O)OCC[N+](C)(C)C. The third kappa shape index (κ3) is 39.7. The second kappa shape index (κ2) is 36.0. The molecule has 0 aromatic carbocycles. The zero-order valence-electron chi connectivity index (χ0n) is 35.4. The molecule has 10 nitrogen and oxygen atoms in total. The molecule has 55 heavy (non-hydrogen) atoms.